The molecule has 104 valence electrons. The third-order valence-electron chi connectivity index (χ3n) is 3.40. The first-order valence-electron chi connectivity index (χ1n) is 6.82. The van der Waals surface area contributed by atoms with Crippen LogP contribution in [0.15, 0.2) is 24.4 Å². The molecule has 1 aliphatic rings. The Kier molecular flexibility index (Phi) is 5.30. The molecule has 1 saturated heterocycles. The fraction of sp³-hybridized carbons (Fsp3) is 0.571. The van der Waals surface area contributed by atoms with Crippen molar-refractivity contribution in [2.24, 2.45) is 0 Å². The molecule has 1 N–H and O–H groups in total. The lowest BCUT2D eigenvalue weighted by Gasteiger charge is -2.32. The van der Waals surface area contributed by atoms with Crippen molar-refractivity contribution in [1.29, 1.82) is 0 Å². The number of piperazine rings is 1. The second-order valence-electron chi connectivity index (χ2n) is 4.93. The molecule has 0 aromatic carbocycles. The van der Waals surface area contributed by atoms with Gasteiger partial charge in [0.05, 0.1) is 5.69 Å². The summed E-state index contributed by atoms with van der Waals surface area (Å²) in [5, 5.41) is 3.26. The quantitative estimate of drug-likeness (QED) is 0.777. The summed E-state index contributed by atoms with van der Waals surface area (Å²) in [5.74, 6) is 0.252. The molecule has 0 aliphatic carbocycles. The standard InChI is InChI=1S/C14H22N4O/c1-17-8-10-18(11-9-17)14(19)5-7-15-12-13-4-2-3-6-16-13/h2-4,6,15H,5,7-12H2,1H3. The molecule has 2 heterocycles. The third-order valence-corrected chi connectivity index (χ3v) is 3.40. The second kappa shape index (κ2) is 7.21. The molecule has 2 rings (SSSR count). The maximum atomic E-state index is 12.0. The summed E-state index contributed by atoms with van der Waals surface area (Å²) in [4.78, 5) is 20.4. The van der Waals surface area contributed by atoms with Crippen molar-refractivity contribution in [2.75, 3.05) is 39.8 Å². The Morgan fingerprint density at radius 1 is 1.32 bits per heavy atom. The van der Waals surface area contributed by atoms with Crippen molar-refractivity contribution in [3.63, 3.8) is 0 Å². The molecule has 0 spiro atoms. The van der Waals surface area contributed by atoms with Gasteiger partial charge in [0.25, 0.3) is 0 Å². The van der Waals surface area contributed by atoms with Gasteiger partial charge in [0.15, 0.2) is 0 Å². The molecule has 1 amide bonds. The van der Waals surface area contributed by atoms with Crippen LogP contribution in [-0.2, 0) is 11.3 Å². The summed E-state index contributed by atoms with van der Waals surface area (Å²) in [7, 11) is 2.09. The van der Waals surface area contributed by atoms with E-state index in [1.807, 2.05) is 23.1 Å². The minimum absolute atomic E-state index is 0.252. The summed E-state index contributed by atoms with van der Waals surface area (Å²) in [6, 6.07) is 5.86. The van der Waals surface area contributed by atoms with E-state index < -0.39 is 0 Å². The van der Waals surface area contributed by atoms with E-state index in [0.29, 0.717) is 13.0 Å². The molecule has 1 aromatic heterocycles. The maximum Gasteiger partial charge on any atom is 0.223 e. The van der Waals surface area contributed by atoms with E-state index in [2.05, 4.69) is 22.2 Å². The van der Waals surface area contributed by atoms with Gasteiger partial charge in [-0.25, -0.2) is 0 Å². The first kappa shape index (κ1) is 14.0. The molecule has 1 aromatic rings. The van der Waals surface area contributed by atoms with Crippen LogP contribution >= 0.6 is 0 Å². The van der Waals surface area contributed by atoms with Gasteiger partial charge < -0.3 is 15.1 Å². The lowest BCUT2D eigenvalue weighted by atomic mass is 10.3. The van der Waals surface area contributed by atoms with Gasteiger partial charge in [-0.05, 0) is 19.2 Å². The maximum absolute atomic E-state index is 12.0. The predicted molar refractivity (Wildman–Crippen MR) is 74.6 cm³/mol. The first-order valence-corrected chi connectivity index (χ1v) is 6.82. The van der Waals surface area contributed by atoms with Crippen LogP contribution in [0.4, 0.5) is 0 Å². The fourth-order valence-electron chi connectivity index (χ4n) is 2.13. The first-order chi connectivity index (χ1) is 9.25. The molecule has 5 nitrogen and oxygen atoms in total. The smallest absolute Gasteiger partial charge is 0.223 e. The number of aromatic nitrogens is 1. The summed E-state index contributed by atoms with van der Waals surface area (Å²) < 4.78 is 0. The third kappa shape index (κ3) is 4.61. The van der Waals surface area contributed by atoms with Gasteiger partial charge >= 0.3 is 0 Å². The molecule has 0 radical (unpaired) electrons. The van der Waals surface area contributed by atoms with E-state index in [-0.39, 0.29) is 5.91 Å². The number of hydrogen-bond acceptors (Lipinski definition) is 4. The number of amides is 1. The molecule has 0 unspecified atom stereocenters. The fourth-order valence-corrected chi connectivity index (χ4v) is 2.13. The normalized spacial score (nSPS) is 16.6. The van der Waals surface area contributed by atoms with Crippen molar-refractivity contribution in [3.8, 4) is 0 Å². The van der Waals surface area contributed by atoms with Crippen LogP contribution in [0.3, 0.4) is 0 Å². The number of carbonyl (C=O) groups excluding carboxylic acids is 1. The SMILES string of the molecule is CN1CCN(C(=O)CCNCc2ccccn2)CC1. The monoisotopic (exact) mass is 262 g/mol. The van der Waals surface area contributed by atoms with Crippen LogP contribution < -0.4 is 5.32 Å². The Hall–Kier alpha value is -1.46. The highest BCUT2D eigenvalue weighted by molar-refractivity contribution is 5.76. The van der Waals surface area contributed by atoms with E-state index in [1.54, 1.807) is 6.20 Å². The average Bonchev–Trinajstić information content (AvgIpc) is 2.45. The summed E-state index contributed by atoms with van der Waals surface area (Å²) >= 11 is 0. The number of nitrogens with zero attached hydrogens (tertiary/aromatic N) is 3. The Labute approximate surface area is 114 Å². The van der Waals surface area contributed by atoms with E-state index in [4.69, 9.17) is 0 Å². The second-order valence-corrected chi connectivity index (χ2v) is 4.93. The van der Waals surface area contributed by atoms with Crippen molar-refractivity contribution in [3.05, 3.63) is 30.1 Å². The molecular weight excluding hydrogens is 240 g/mol. The van der Waals surface area contributed by atoms with E-state index >= 15 is 0 Å². The Balaban J connectivity index is 1.61. The highest BCUT2D eigenvalue weighted by Crippen LogP contribution is 2.01. The molecule has 0 bridgehead atoms. The van der Waals surface area contributed by atoms with E-state index in [0.717, 1.165) is 38.4 Å². The zero-order valence-electron chi connectivity index (χ0n) is 11.5. The largest absolute Gasteiger partial charge is 0.340 e. The molecular formula is C14H22N4O. The predicted octanol–water partition coefficient (Wildman–Crippen LogP) is 0.335. The van der Waals surface area contributed by atoms with Crippen molar-refractivity contribution < 1.29 is 4.79 Å². The van der Waals surface area contributed by atoms with Gasteiger partial charge in [0.1, 0.15) is 0 Å². The highest BCUT2D eigenvalue weighted by atomic mass is 16.2. The van der Waals surface area contributed by atoms with Crippen molar-refractivity contribution in [1.82, 2.24) is 20.1 Å². The molecule has 0 saturated carbocycles. The summed E-state index contributed by atoms with van der Waals surface area (Å²) in [6.45, 7) is 5.10. The lowest BCUT2D eigenvalue weighted by molar-refractivity contribution is -0.132. The van der Waals surface area contributed by atoms with Crippen LogP contribution in [0.2, 0.25) is 0 Å². The molecule has 1 fully saturated rings. The van der Waals surface area contributed by atoms with E-state index in [1.165, 1.54) is 0 Å². The number of nitrogens with one attached hydrogen (secondary N) is 1. The zero-order chi connectivity index (χ0) is 13.5. The van der Waals surface area contributed by atoms with Gasteiger partial charge in [-0.3, -0.25) is 9.78 Å². The molecule has 19 heavy (non-hydrogen) atoms. The van der Waals surface area contributed by atoms with Gasteiger partial charge in [-0.1, -0.05) is 6.07 Å². The Bertz CT molecular complexity index is 388. The highest BCUT2D eigenvalue weighted by Gasteiger charge is 2.18. The molecule has 5 heteroatoms. The average molecular weight is 262 g/mol. The Morgan fingerprint density at radius 3 is 2.79 bits per heavy atom. The van der Waals surface area contributed by atoms with Crippen LogP contribution in [-0.4, -0.2) is 60.5 Å². The van der Waals surface area contributed by atoms with Crippen molar-refractivity contribution >= 4 is 5.91 Å². The summed E-state index contributed by atoms with van der Waals surface area (Å²) in [5.41, 5.74) is 1.01. The van der Waals surface area contributed by atoms with Gasteiger partial charge in [0.2, 0.25) is 5.91 Å². The van der Waals surface area contributed by atoms with Crippen LogP contribution in [0.1, 0.15) is 12.1 Å². The van der Waals surface area contributed by atoms with Gasteiger partial charge in [-0.2, -0.15) is 0 Å². The molecule has 1 aliphatic heterocycles. The van der Waals surface area contributed by atoms with Crippen LogP contribution in [0.25, 0.3) is 0 Å². The zero-order valence-corrected chi connectivity index (χ0v) is 11.5. The molecule has 0 atom stereocenters. The number of likely N-dealkylation sites (N-methyl/N-ethyl adjacent to an activating group) is 1. The summed E-state index contributed by atoms with van der Waals surface area (Å²) in [6.07, 6.45) is 2.35. The van der Waals surface area contributed by atoms with Gasteiger partial charge in [-0.15, -0.1) is 0 Å². The number of pyridine rings is 1. The van der Waals surface area contributed by atoms with E-state index in [9.17, 15) is 4.79 Å². The number of rotatable bonds is 5. The number of carbonyl (C=O) groups is 1. The number of hydrogen-bond donors (Lipinski definition) is 1. The topological polar surface area (TPSA) is 48.5 Å². The van der Waals surface area contributed by atoms with Gasteiger partial charge in [0, 0.05) is 51.9 Å². The van der Waals surface area contributed by atoms with Crippen LogP contribution in [0, 0.1) is 0 Å². The Morgan fingerprint density at radius 2 is 2.11 bits per heavy atom. The minimum atomic E-state index is 0.252. The van der Waals surface area contributed by atoms with Crippen molar-refractivity contribution in [2.45, 2.75) is 13.0 Å². The van der Waals surface area contributed by atoms with Crippen LogP contribution in [0.5, 0.6) is 0 Å². The lowest BCUT2D eigenvalue weighted by Crippen LogP contribution is -2.47. The minimum Gasteiger partial charge on any atom is -0.340 e.